The number of nitrogens with one attached hydrogen (secondary N) is 3. The first-order valence-electron chi connectivity index (χ1n) is 10.4. The quantitative estimate of drug-likeness (QED) is 0.364. The Labute approximate surface area is 195 Å². The third-order valence-electron chi connectivity index (χ3n) is 5.08. The summed E-state index contributed by atoms with van der Waals surface area (Å²) in [6, 6.07) is 15.9. The molecule has 3 N–H and O–H groups in total. The van der Waals surface area contributed by atoms with Crippen molar-refractivity contribution in [2.45, 2.75) is 19.5 Å². The summed E-state index contributed by atoms with van der Waals surface area (Å²) < 4.78 is 5.19. The molecule has 2 heterocycles. The zero-order valence-electron chi connectivity index (χ0n) is 18.5. The third-order valence-corrected chi connectivity index (χ3v) is 5.08. The maximum Gasteiger partial charge on any atom is 0.270 e. The largest absolute Gasteiger partial charge is 0.497 e. The number of nitrogens with zero attached hydrogens (tertiary/aromatic N) is 5. The fraction of sp³-hybridized carbons (Fsp3) is 0.174. The van der Waals surface area contributed by atoms with Crippen LogP contribution in [-0.2, 0) is 6.54 Å². The fourth-order valence-corrected chi connectivity index (χ4v) is 3.22. The summed E-state index contributed by atoms with van der Waals surface area (Å²) in [6.07, 6.45) is 1.19. The van der Waals surface area contributed by atoms with Crippen LogP contribution in [-0.4, -0.2) is 49.5 Å². The van der Waals surface area contributed by atoms with Gasteiger partial charge in [-0.05, 0) is 35.4 Å². The van der Waals surface area contributed by atoms with Gasteiger partial charge >= 0.3 is 0 Å². The SMILES string of the molecule is COc1cccc(CNC(=O)c2cc(C(=O)N[C@@H](C)c3ccc(-c4nn[nH]n4)cc3)ncn2)c1. The van der Waals surface area contributed by atoms with Gasteiger partial charge in [0.2, 0.25) is 5.82 Å². The molecule has 0 aliphatic rings. The molecule has 1 atom stereocenters. The van der Waals surface area contributed by atoms with Gasteiger partial charge in [-0.1, -0.05) is 36.4 Å². The molecule has 34 heavy (non-hydrogen) atoms. The van der Waals surface area contributed by atoms with E-state index in [1.54, 1.807) is 7.11 Å². The van der Waals surface area contributed by atoms with Gasteiger partial charge in [0.15, 0.2) is 0 Å². The number of aromatic nitrogens is 6. The monoisotopic (exact) mass is 458 g/mol. The number of methoxy groups -OCH3 is 1. The minimum atomic E-state index is -0.418. The Bertz CT molecular complexity index is 1280. The predicted molar refractivity (Wildman–Crippen MR) is 122 cm³/mol. The third kappa shape index (κ3) is 5.38. The van der Waals surface area contributed by atoms with E-state index in [1.165, 1.54) is 12.4 Å². The number of hydrogen-bond acceptors (Lipinski definition) is 8. The molecule has 2 aromatic heterocycles. The molecule has 0 spiro atoms. The fourth-order valence-electron chi connectivity index (χ4n) is 3.22. The van der Waals surface area contributed by atoms with Crippen LogP contribution >= 0.6 is 0 Å². The highest BCUT2D eigenvalue weighted by Crippen LogP contribution is 2.19. The number of H-pyrrole nitrogens is 1. The lowest BCUT2D eigenvalue weighted by atomic mass is 10.1. The van der Waals surface area contributed by atoms with Crippen LogP contribution < -0.4 is 15.4 Å². The summed E-state index contributed by atoms with van der Waals surface area (Å²) in [5.74, 6) is 0.358. The molecular formula is C23H22N8O3. The standard InChI is InChI=1S/C23H22N8O3/c1-14(16-6-8-17(9-7-16)21-28-30-31-29-21)27-23(33)20-11-19(25-13-26-20)22(32)24-12-15-4-3-5-18(10-15)34-2/h3-11,13-14H,12H2,1-2H3,(H,24,32)(H,27,33)(H,28,29,30,31)/t14-/m0/s1. The van der Waals surface area contributed by atoms with Crippen LogP contribution in [0.2, 0.25) is 0 Å². The molecule has 0 saturated carbocycles. The van der Waals surface area contributed by atoms with Gasteiger partial charge in [0.25, 0.3) is 11.8 Å². The number of carbonyl (C=O) groups excluding carboxylic acids is 2. The highest BCUT2D eigenvalue weighted by atomic mass is 16.5. The molecule has 11 heteroatoms. The second-order valence-electron chi connectivity index (χ2n) is 7.38. The van der Waals surface area contributed by atoms with Crippen molar-refractivity contribution in [1.29, 1.82) is 0 Å². The highest BCUT2D eigenvalue weighted by Gasteiger charge is 2.16. The first kappa shape index (κ1) is 22.5. The van der Waals surface area contributed by atoms with Crippen LogP contribution in [0.25, 0.3) is 11.4 Å². The molecule has 0 aliphatic carbocycles. The first-order valence-corrected chi connectivity index (χ1v) is 10.4. The van der Waals surface area contributed by atoms with E-state index in [2.05, 4.69) is 41.2 Å². The van der Waals surface area contributed by atoms with E-state index in [9.17, 15) is 9.59 Å². The van der Waals surface area contributed by atoms with Gasteiger partial charge in [-0.3, -0.25) is 9.59 Å². The number of rotatable bonds is 8. The second-order valence-corrected chi connectivity index (χ2v) is 7.38. The molecular weight excluding hydrogens is 436 g/mol. The molecule has 2 amide bonds. The number of hydrogen-bond donors (Lipinski definition) is 3. The van der Waals surface area contributed by atoms with Gasteiger partial charge in [0.1, 0.15) is 23.5 Å². The summed E-state index contributed by atoms with van der Waals surface area (Å²) in [7, 11) is 1.58. The van der Waals surface area contributed by atoms with E-state index in [0.717, 1.165) is 16.7 Å². The van der Waals surface area contributed by atoms with Gasteiger partial charge in [0.05, 0.1) is 13.2 Å². The highest BCUT2D eigenvalue weighted by molar-refractivity contribution is 5.97. The molecule has 0 bridgehead atoms. The van der Waals surface area contributed by atoms with Gasteiger partial charge in [-0.2, -0.15) is 5.21 Å². The number of benzene rings is 2. The number of amides is 2. The summed E-state index contributed by atoms with van der Waals surface area (Å²) in [6.45, 7) is 2.14. The van der Waals surface area contributed by atoms with Gasteiger partial charge < -0.3 is 15.4 Å². The number of tetrazole rings is 1. The Hall–Kier alpha value is -4.67. The van der Waals surface area contributed by atoms with Crippen molar-refractivity contribution in [3.8, 4) is 17.1 Å². The minimum Gasteiger partial charge on any atom is -0.497 e. The van der Waals surface area contributed by atoms with E-state index < -0.39 is 11.8 Å². The molecule has 0 unspecified atom stereocenters. The van der Waals surface area contributed by atoms with Crippen molar-refractivity contribution < 1.29 is 14.3 Å². The van der Waals surface area contributed by atoms with Crippen LogP contribution in [0.3, 0.4) is 0 Å². The molecule has 4 rings (SSSR count). The lowest BCUT2D eigenvalue weighted by molar-refractivity contribution is 0.0934. The number of aromatic amines is 1. The molecule has 2 aromatic carbocycles. The lowest BCUT2D eigenvalue weighted by Gasteiger charge is -2.14. The molecule has 0 fully saturated rings. The van der Waals surface area contributed by atoms with Crippen molar-refractivity contribution in [2.75, 3.05) is 7.11 Å². The van der Waals surface area contributed by atoms with Crippen LogP contribution in [0.5, 0.6) is 5.75 Å². The van der Waals surface area contributed by atoms with Crippen LogP contribution in [0.1, 0.15) is 45.1 Å². The Morgan fingerprint density at radius 3 is 2.50 bits per heavy atom. The predicted octanol–water partition coefficient (Wildman–Crippen LogP) is 2.09. The summed E-state index contributed by atoms with van der Waals surface area (Å²) in [4.78, 5) is 33.3. The smallest absolute Gasteiger partial charge is 0.270 e. The Balaban J connectivity index is 1.37. The average molecular weight is 458 g/mol. The number of carbonyl (C=O) groups is 2. The second kappa shape index (κ2) is 10.3. The summed E-state index contributed by atoms with van der Waals surface area (Å²) in [5, 5.41) is 19.5. The van der Waals surface area contributed by atoms with E-state index >= 15 is 0 Å². The molecule has 172 valence electrons. The molecule has 4 aromatic rings. The van der Waals surface area contributed by atoms with Crippen molar-refractivity contribution >= 4 is 11.8 Å². The van der Waals surface area contributed by atoms with Gasteiger partial charge in [0, 0.05) is 18.2 Å². The molecule has 11 nitrogen and oxygen atoms in total. The summed E-state index contributed by atoms with van der Waals surface area (Å²) >= 11 is 0. The van der Waals surface area contributed by atoms with E-state index in [1.807, 2.05) is 55.5 Å². The van der Waals surface area contributed by atoms with Gasteiger partial charge in [-0.15, -0.1) is 10.2 Å². The van der Waals surface area contributed by atoms with Crippen molar-refractivity contribution in [3.05, 3.63) is 83.4 Å². The molecule has 0 aliphatic heterocycles. The maximum absolute atomic E-state index is 12.7. The van der Waals surface area contributed by atoms with Crippen LogP contribution in [0, 0.1) is 0 Å². The lowest BCUT2D eigenvalue weighted by Crippen LogP contribution is -2.29. The van der Waals surface area contributed by atoms with Crippen molar-refractivity contribution in [1.82, 2.24) is 41.2 Å². The van der Waals surface area contributed by atoms with E-state index in [4.69, 9.17) is 4.74 Å². The first-order chi connectivity index (χ1) is 16.5. The van der Waals surface area contributed by atoms with Gasteiger partial charge in [-0.25, -0.2) is 9.97 Å². The summed E-state index contributed by atoms with van der Waals surface area (Å²) in [5.41, 5.74) is 2.75. The zero-order chi connectivity index (χ0) is 23.9. The zero-order valence-corrected chi connectivity index (χ0v) is 18.5. The van der Waals surface area contributed by atoms with E-state index in [0.29, 0.717) is 18.1 Å². The van der Waals surface area contributed by atoms with Crippen molar-refractivity contribution in [2.24, 2.45) is 0 Å². The van der Waals surface area contributed by atoms with Crippen molar-refractivity contribution in [3.63, 3.8) is 0 Å². The minimum absolute atomic E-state index is 0.0943. The Kier molecular flexibility index (Phi) is 6.82. The van der Waals surface area contributed by atoms with Crippen LogP contribution in [0.15, 0.2) is 60.9 Å². The Morgan fingerprint density at radius 2 is 1.79 bits per heavy atom. The van der Waals surface area contributed by atoms with E-state index in [-0.39, 0.29) is 17.4 Å². The topological polar surface area (TPSA) is 148 Å². The molecule has 0 saturated heterocycles. The maximum atomic E-state index is 12.7. The van der Waals surface area contributed by atoms with Crippen LogP contribution in [0.4, 0.5) is 0 Å². The Morgan fingerprint density at radius 1 is 1.03 bits per heavy atom. The average Bonchev–Trinajstić information content (AvgIpc) is 3.42. The molecule has 0 radical (unpaired) electrons. The number of ether oxygens (including phenoxy) is 1. The normalized spacial score (nSPS) is 11.5.